The van der Waals surface area contributed by atoms with E-state index in [1.807, 2.05) is 23.6 Å². The lowest BCUT2D eigenvalue weighted by molar-refractivity contribution is -0.149. The van der Waals surface area contributed by atoms with E-state index < -0.39 is 0 Å². The lowest BCUT2D eigenvalue weighted by Gasteiger charge is -2.51. The van der Waals surface area contributed by atoms with E-state index in [4.69, 9.17) is 4.74 Å². The number of hydrogen-bond donors (Lipinski definition) is 0. The minimum atomic E-state index is -0.253. The molecule has 5 heterocycles. The Hall–Kier alpha value is -3.26. The van der Waals surface area contributed by atoms with Gasteiger partial charge in [0, 0.05) is 63.4 Å². The van der Waals surface area contributed by atoms with Crippen LogP contribution in [0.2, 0.25) is 0 Å². The van der Waals surface area contributed by atoms with Crippen LogP contribution in [0, 0.1) is 19.8 Å². The van der Waals surface area contributed by atoms with Gasteiger partial charge in [-0.15, -0.1) is 0 Å². The van der Waals surface area contributed by atoms with E-state index in [0.29, 0.717) is 24.6 Å². The molecular formula is C29H35N5O3. The first-order valence-corrected chi connectivity index (χ1v) is 13.4. The third kappa shape index (κ3) is 4.41. The summed E-state index contributed by atoms with van der Waals surface area (Å²) in [5, 5.41) is 0. The monoisotopic (exact) mass is 501 g/mol. The van der Waals surface area contributed by atoms with Gasteiger partial charge in [-0.3, -0.25) is 9.59 Å². The maximum Gasteiger partial charge on any atom is 0.257 e. The normalized spacial score (nSPS) is 24.2. The molecule has 8 heteroatoms. The Bertz CT molecular complexity index is 1200. The summed E-state index contributed by atoms with van der Waals surface area (Å²) in [4.78, 5) is 40.9. The van der Waals surface area contributed by atoms with E-state index >= 15 is 0 Å². The molecule has 0 spiro atoms. The summed E-state index contributed by atoms with van der Waals surface area (Å²) < 4.78 is 5.65. The van der Waals surface area contributed by atoms with Gasteiger partial charge in [-0.25, -0.2) is 9.97 Å². The predicted molar refractivity (Wildman–Crippen MR) is 139 cm³/mol. The number of aryl methyl sites for hydroxylation is 2. The number of likely N-dealkylation sites (tertiary alicyclic amines) is 2. The summed E-state index contributed by atoms with van der Waals surface area (Å²) in [7, 11) is 0. The molecule has 2 atom stereocenters. The van der Waals surface area contributed by atoms with Gasteiger partial charge in [0.2, 0.25) is 0 Å². The van der Waals surface area contributed by atoms with Crippen LogP contribution in [0.5, 0.6) is 0 Å². The van der Waals surface area contributed by atoms with Crippen molar-refractivity contribution in [2.45, 2.75) is 44.6 Å². The number of benzene rings is 1. The zero-order valence-corrected chi connectivity index (χ0v) is 21.7. The van der Waals surface area contributed by atoms with Crippen LogP contribution in [0.3, 0.4) is 0 Å². The average molecular weight is 502 g/mol. The van der Waals surface area contributed by atoms with Crippen molar-refractivity contribution in [3.63, 3.8) is 0 Å². The Morgan fingerprint density at radius 1 is 1.05 bits per heavy atom. The van der Waals surface area contributed by atoms with Gasteiger partial charge in [0.1, 0.15) is 12.4 Å². The van der Waals surface area contributed by atoms with Crippen LogP contribution in [0.1, 0.15) is 46.6 Å². The van der Waals surface area contributed by atoms with Gasteiger partial charge in [-0.1, -0.05) is 30.3 Å². The van der Waals surface area contributed by atoms with Gasteiger partial charge in [0.25, 0.3) is 11.8 Å². The van der Waals surface area contributed by atoms with E-state index in [0.717, 1.165) is 63.4 Å². The molecule has 0 bridgehead atoms. The number of amides is 2. The molecule has 4 aliphatic heterocycles. The molecule has 8 nitrogen and oxygen atoms in total. The van der Waals surface area contributed by atoms with Crippen molar-refractivity contribution in [3.05, 3.63) is 70.9 Å². The highest BCUT2D eigenvalue weighted by Crippen LogP contribution is 2.40. The van der Waals surface area contributed by atoms with Gasteiger partial charge in [0.15, 0.2) is 0 Å². The maximum absolute atomic E-state index is 13.2. The molecule has 2 unspecified atom stereocenters. The Balaban J connectivity index is 1.10. The molecule has 194 valence electrons. The minimum absolute atomic E-state index is 0.0178. The number of nitrogens with zero attached hydrogens (tertiary/aromatic N) is 5. The fraction of sp³-hybridized carbons (Fsp3) is 0.517. The van der Waals surface area contributed by atoms with Crippen LogP contribution in [0.4, 0.5) is 0 Å². The van der Waals surface area contributed by atoms with E-state index in [2.05, 4.69) is 51.4 Å². The van der Waals surface area contributed by atoms with Gasteiger partial charge >= 0.3 is 0 Å². The highest BCUT2D eigenvalue weighted by Gasteiger charge is 2.48. The molecule has 3 saturated heterocycles. The smallest absolute Gasteiger partial charge is 0.257 e. The zero-order chi connectivity index (χ0) is 25.6. The largest absolute Gasteiger partial charge is 0.377 e. The van der Waals surface area contributed by atoms with E-state index in [9.17, 15) is 9.59 Å². The van der Waals surface area contributed by atoms with Gasteiger partial charge in [-0.2, -0.15) is 0 Å². The van der Waals surface area contributed by atoms with Crippen LogP contribution in [-0.2, 0) is 14.9 Å². The second-order valence-electron chi connectivity index (χ2n) is 11.1. The standard InChI is InChI=1S/C29H35N5O3/c1-20-26(21(2)31-19-30-20)28(36)33-15-22-13-32(14-23(22)16-33)11-10-29(24-7-4-3-5-8-24)17-34(18-29)27(35)25-9-6-12-37-25/h3-5,7-8,13,19,23,25H,6,9-12,14-18H2,1-2H3. The molecule has 0 radical (unpaired) electrons. The van der Waals surface area contributed by atoms with E-state index in [1.54, 1.807) is 0 Å². The van der Waals surface area contributed by atoms with Crippen LogP contribution in [0.25, 0.3) is 0 Å². The quantitative estimate of drug-likeness (QED) is 0.606. The summed E-state index contributed by atoms with van der Waals surface area (Å²) in [5.41, 5.74) is 4.74. The molecular weight excluding hydrogens is 466 g/mol. The highest BCUT2D eigenvalue weighted by molar-refractivity contribution is 5.96. The summed E-state index contributed by atoms with van der Waals surface area (Å²) in [5.74, 6) is 0.563. The second-order valence-corrected chi connectivity index (χ2v) is 11.1. The molecule has 1 aromatic carbocycles. The number of aromatic nitrogens is 2. The third-order valence-corrected chi connectivity index (χ3v) is 8.64. The maximum atomic E-state index is 13.2. The molecule has 3 fully saturated rings. The lowest BCUT2D eigenvalue weighted by Crippen LogP contribution is -2.63. The number of rotatable bonds is 6. The second kappa shape index (κ2) is 9.56. The average Bonchev–Trinajstić information content (AvgIpc) is 3.61. The van der Waals surface area contributed by atoms with Gasteiger partial charge in [0.05, 0.1) is 17.0 Å². The van der Waals surface area contributed by atoms with Gasteiger partial charge in [-0.05, 0) is 44.2 Å². The van der Waals surface area contributed by atoms with Crippen LogP contribution < -0.4 is 0 Å². The lowest BCUT2D eigenvalue weighted by atomic mass is 9.71. The summed E-state index contributed by atoms with van der Waals surface area (Å²) in [6.45, 7) is 9.23. The predicted octanol–water partition coefficient (Wildman–Crippen LogP) is 2.71. The van der Waals surface area contributed by atoms with Crippen molar-refractivity contribution in [2.24, 2.45) is 5.92 Å². The minimum Gasteiger partial charge on any atom is -0.377 e. The molecule has 2 aromatic rings. The Morgan fingerprint density at radius 2 is 1.81 bits per heavy atom. The molecule has 0 N–H and O–H groups in total. The molecule has 0 aliphatic carbocycles. The Kier molecular flexibility index (Phi) is 6.23. The molecule has 6 rings (SSSR count). The third-order valence-electron chi connectivity index (χ3n) is 8.64. The Morgan fingerprint density at radius 3 is 2.49 bits per heavy atom. The SMILES string of the molecule is Cc1ncnc(C)c1C(=O)N1CC2=CN(CCC3(c4ccccc4)CN(C(=O)C4CCCO4)C3)CC2C1. The van der Waals surface area contributed by atoms with Crippen molar-refractivity contribution in [2.75, 3.05) is 45.9 Å². The van der Waals surface area contributed by atoms with Gasteiger partial charge < -0.3 is 19.4 Å². The molecule has 2 amide bonds. The number of hydrogen-bond acceptors (Lipinski definition) is 6. The molecule has 37 heavy (non-hydrogen) atoms. The highest BCUT2D eigenvalue weighted by atomic mass is 16.5. The summed E-state index contributed by atoms with van der Waals surface area (Å²) in [6.07, 6.45) is 6.34. The number of carbonyl (C=O) groups is 2. The first-order valence-electron chi connectivity index (χ1n) is 13.4. The van der Waals surface area contributed by atoms with E-state index in [-0.39, 0.29) is 23.3 Å². The van der Waals surface area contributed by atoms with Crippen LogP contribution in [0.15, 0.2) is 48.4 Å². The number of fused-ring (bicyclic) bond motifs is 1. The molecule has 1 aromatic heterocycles. The molecule has 0 saturated carbocycles. The van der Waals surface area contributed by atoms with Crippen LogP contribution >= 0.6 is 0 Å². The number of carbonyl (C=O) groups excluding carboxylic acids is 2. The van der Waals surface area contributed by atoms with Crippen molar-refractivity contribution in [1.29, 1.82) is 0 Å². The van der Waals surface area contributed by atoms with E-state index in [1.165, 1.54) is 17.5 Å². The number of ether oxygens (including phenoxy) is 1. The summed E-state index contributed by atoms with van der Waals surface area (Å²) in [6, 6.07) is 10.6. The van der Waals surface area contributed by atoms with Crippen molar-refractivity contribution in [1.82, 2.24) is 24.7 Å². The fourth-order valence-electron chi connectivity index (χ4n) is 6.51. The summed E-state index contributed by atoms with van der Waals surface area (Å²) >= 11 is 0. The Labute approximate surface area is 218 Å². The first-order chi connectivity index (χ1) is 17.9. The van der Waals surface area contributed by atoms with Crippen LogP contribution in [-0.4, -0.2) is 88.5 Å². The van der Waals surface area contributed by atoms with Crippen molar-refractivity contribution in [3.8, 4) is 0 Å². The van der Waals surface area contributed by atoms with Crippen molar-refractivity contribution < 1.29 is 14.3 Å². The molecule has 4 aliphatic rings. The fourth-order valence-corrected chi connectivity index (χ4v) is 6.51. The zero-order valence-electron chi connectivity index (χ0n) is 21.7. The first kappa shape index (κ1) is 24.1. The van der Waals surface area contributed by atoms with Crippen molar-refractivity contribution >= 4 is 11.8 Å². The topological polar surface area (TPSA) is 78.9 Å².